The molecule has 0 spiro atoms. The van der Waals surface area contributed by atoms with Crippen LogP contribution in [-0.4, -0.2) is 48.3 Å². The molecule has 5 heteroatoms. The zero-order valence-corrected chi connectivity index (χ0v) is 8.94. The van der Waals surface area contributed by atoms with Gasteiger partial charge in [-0.15, -0.1) is 0 Å². The normalized spacial score (nSPS) is 18.9. The van der Waals surface area contributed by atoms with Crippen molar-refractivity contribution in [2.45, 2.75) is 6.42 Å². The van der Waals surface area contributed by atoms with Crippen molar-refractivity contribution >= 4 is 5.82 Å². The highest BCUT2D eigenvalue weighted by Gasteiger charge is 2.13. The van der Waals surface area contributed by atoms with E-state index in [1.54, 1.807) is 6.07 Å². The summed E-state index contributed by atoms with van der Waals surface area (Å²) in [7, 11) is 2.13. The molecule has 0 aliphatic carbocycles. The van der Waals surface area contributed by atoms with Gasteiger partial charge in [0.15, 0.2) is 0 Å². The molecule has 1 aromatic rings. The molecular formula is C10H16N4O. The molecule has 0 amide bonds. The fourth-order valence-corrected chi connectivity index (χ4v) is 1.79. The van der Waals surface area contributed by atoms with Crippen LogP contribution in [0.3, 0.4) is 0 Å². The lowest BCUT2D eigenvalue weighted by atomic mass is 10.4. The summed E-state index contributed by atoms with van der Waals surface area (Å²) in [4.78, 5) is 15.4. The number of nitrogens with one attached hydrogen (secondary N) is 1. The van der Waals surface area contributed by atoms with E-state index in [4.69, 9.17) is 0 Å². The van der Waals surface area contributed by atoms with Crippen molar-refractivity contribution in [1.82, 2.24) is 15.1 Å². The summed E-state index contributed by atoms with van der Waals surface area (Å²) in [5, 5.41) is 6.51. The van der Waals surface area contributed by atoms with Crippen LogP contribution in [0.4, 0.5) is 5.82 Å². The molecule has 1 aliphatic rings. The first-order valence-electron chi connectivity index (χ1n) is 5.25. The number of hydrogen-bond donors (Lipinski definition) is 1. The third-order valence-corrected chi connectivity index (χ3v) is 2.71. The predicted octanol–water partition coefficient (Wildman–Crippen LogP) is -0.0882. The number of nitrogens with zero attached hydrogens (tertiary/aromatic N) is 3. The van der Waals surface area contributed by atoms with Gasteiger partial charge in [-0.05, 0) is 26.1 Å². The summed E-state index contributed by atoms with van der Waals surface area (Å²) < 4.78 is 0. The first-order chi connectivity index (χ1) is 7.25. The van der Waals surface area contributed by atoms with E-state index in [-0.39, 0.29) is 5.56 Å². The third-order valence-electron chi connectivity index (χ3n) is 2.71. The third kappa shape index (κ3) is 2.56. The lowest BCUT2D eigenvalue weighted by molar-refractivity contribution is 0.360. The SMILES string of the molecule is CN1CCCN(c2ccc(=O)[nH]n2)CC1. The van der Waals surface area contributed by atoms with Crippen molar-refractivity contribution in [1.29, 1.82) is 0 Å². The highest BCUT2D eigenvalue weighted by molar-refractivity contribution is 5.36. The van der Waals surface area contributed by atoms with Crippen LogP contribution in [0.5, 0.6) is 0 Å². The lowest BCUT2D eigenvalue weighted by Gasteiger charge is -2.20. The smallest absolute Gasteiger partial charge is 0.264 e. The van der Waals surface area contributed by atoms with Crippen molar-refractivity contribution in [2.24, 2.45) is 0 Å². The monoisotopic (exact) mass is 208 g/mol. The quantitative estimate of drug-likeness (QED) is 0.701. The van der Waals surface area contributed by atoms with E-state index in [9.17, 15) is 4.79 Å². The molecule has 0 atom stereocenters. The van der Waals surface area contributed by atoms with Gasteiger partial charge in [-0.25, -0.2) is 5.10 Å². The van der Waals surface area contributed by atoms with Crippen molar-refractivity contribution in [3.63, 3.8) is 0 Å². The lowest BCUT2D eigenvalue weighted by Crippen LogP contribution is -2.30. The van der Waals surface area contributed by atoms with E-state index in [0.717, 1.165) is 38.4 Å². The van der Waals surface area contributed by atoms with Crippen LogP contribution in [0.2, 0.25) is 0 Å². The molecule has 0 aromatic carbocycles. The van der Waals surface area contributed by atoms with Gasteiger partial charge in [-0.1, -0.05) is 0 Å². The first kappa shape index (κ1) is 10.2. The number of aromatic nitrogens is 2. The Kier molecular flexibility index (Phi) is 3.01. The van der Waals surface area contributed by atoms with Gasteiger partial charge < -0.3 is 9.80 Å². The molecule has 2 heterocycles. The Hall–Kier alpha value is -1.36. The Morgan fingerprint density at radius 1 is 1.27 bits per heavy atom. The second-order valence-electron chi connectivity index (χ2n) is 3.92. The summed E-state index contributed by atoms with van der Waals surface area (Å²) >= 11 is 0. The minimum Gasteiger partial charge on any atom is -0.354 e. The Balaban J connectivity index is 2.09. The predicted molar refractivity (Wildman–Crippen MR) is 59.2 cm³/mol. The number of H-pyrrole nitrogens is 1. The Bertz CT molecular complexity index is 355. The van der Waals surface area contributed by atoms with E-state index in [0.29, 0.717) is 0 Å². The molecule has 1 aliphatic heterocycles. The molecule has 0 saturated carbocycles. The topological polar surface area (TPSA) is 52.2 Å². The average Bonchev–Trinajstić information content (AvgIpc) is 2.44. The second kappa shape index (κ2) is 4.44. The van der Waals surface area contributed by atoms with Crippen LogP contribution in [0.15, 0.2) is 16.9 Å². The van der Waals surface area contributed by atoms with Crippen LogP contribution in [0.25, 0.3) is 0 Å². The molecule has 1 fully saturated rings. The Labute approximate surface area is 88.7 Å². The molecule has 1 saturated heterocycles. The number of hydrogen-bond acceptors (Lipinski definition) is 4. The molecule has 0 unspecified atom stereocenters. The van der Waals surface area contributed by atoms with Crippen molar-refractivity contribution in [3.05, 3.63) is 22.5 Å². The van der Waals surface area contributed by atoms with Gasteiger partial charge >= 0.3 is 0 Å². The molecule has 5 nitrogen and oxygen atoms in total. The molecule has 0 radical (unpaired) electrons. The Morgan fingerprint density at radius 3 is 2.87 bits per heavy atom. The number of aromatic amines is 1. The van der Waals surface area contributed by atoms with Crippen LogP contribution in [-0.2, 0) is 0 Å². The summed E-state index contributed by atoms with van der Waals surface area (Å²) in [5.41, 5.74) is -0.148. The maximum Gasteiger partial charge on any atom is 0.264 e. The van der Waals surface area contributed by atoms with Gasteiger partial charge in [-0.3, -0.25) is 4.79 Å². The summed E-state index contributed by atoms with van der Waals surface area (Å²) in [6.45, 7) is 4.14. The van der Waals surface area contributed by atoms with Crippen molar-refractivity contribution in [2.75, 3.05) is 38.1 Å². The van der Waals surface area contributed by atoms with Gasteiger partial charge in [0, 0.05) is 25.7 Å². The summed E-state index contributed by atoms with van der Waals surface area (Å²) in [6.07, 6.45) is 1.14. The highest BCUT2D eigenvalue weighted by Crippen LogP contribution is 2.10. The van der Waals surface area contributed by atoms with Crippen LogP contribution in [0, 0.1) is 0 Å². The van der Waals surface area contributed by atoms with E-state index < -0.39 is 0 Å². The molecule has 2 rings (SSSR count). The number of likely N-dealkylation sites (N-methyl/N-ethyl adjacent to an activating group) is 1. The minimum absolute atomic E-state index is 0.148. The number of rotatable bonds is 1. The van der Waals surface area contributed by atoms with E-state index >= 15 is 0 Å². The maximum atomic E-state index is 10.9. The zero-order chi connectivity index (χ0) is 10.7. The largest absolute Gasteiger partial charge is 0.354 e. The minimum atomic E-state index is -0.148. The maximum absolute atomic E-state index is 10.9. The molecule has 1 N–H and O–H groups in total. The van der Waals surface area contributed by atoms with E-state index in [2.05, 4.69) is 27.0 Å². The molecule has 15 heavy (non-hydrogen) atoms. The molecule has 1 aromatic heterocycles. The number of anilines is 1. The van der Waals surface area contributed by atoms with E-state index in [1.807, 2.05) is 0 Å². The second-order valence-corrected chi connectivity index (χ2v) is 3.92. The summed E-state index contributed by atoms with van der Waals surface area (Å²) in [5.74, 6) is 0.866. The standard InChI is InChI=1S/C10H16N4O/c1-13-5-2-6-14(8-7-13)9-3-4-10(15)12-11-9/h3-4H,2,5-8H2,1H3,(H,12,15). The van der Waals surface area contributed by atoms with Crippen molar-refractivity contribution < 1.29 is 0 Å². The van der Waals surface area contributed by atoms with Gasteiger partial charge in [-0.2, -0.15) is 5.10 Å². The van der Waals surface area contributed by atoms with Gasteiger partial charge in [0.05, 0.1) is 0 Å². The van der Waals surface area contributed by atoms with Gasteiger partial charge in [0.2, 0.25) is 0 Å². The first-order valence-corrected chi connectivity index (χ1v) is 5.25. The van der Waals surface area contributed by atoms with Crippen LogP contribution >= 0.6 is 0 Å². The van der Waals surface area contributed by atoms with E-state index in [1.165, 1.54) is 6.07 Å². The fraction of sp³-hybridized carbons (Fsp3) is 0.600. The zero-order valence-electron chi connectivity index (χ0n) is 8.94. The summed E-state index contributed by atoms with van der Waals surface area (Å²) in [6, 6.07) is 3.31. The molecule has 0 bridgehead atoms. The van der Waals surface area contributed by atoms with Crippen LogP contribution < -0.4 is 10.5 Å². The molecule has 82 valence electrons. The fourth-order valence-electron chi connectivity index (χ4n) is 1.79. The van der Waals surface area contributed by atoms with Crippen LogP contribution in [0.1, 0.15) is 6.42 Å². The average molecular weight is 208 g/mol. The van der Waals surface area contributed by atoms with Gasteiger partial charge in [0.25, 0.3) is 5.56 Å². The van der Waals surface area contributed by atoms with Crippen molar-refractivity contribution in [3.8, 4) is 0 Å². The molecular weight excluding hydrogens is 192 g/mol. The van der Waals surface area contributed by atoms with Gasteiger partial charge in [0.1, 0.15) is 5.82 Å². The highest BCUT2D eigenvalue weighted by atomic mass is 16.1. The Morgan fingerprint density at radius 2 is 2.13 bits per heavy atom.